The molecule has 0 spiro atoms. The van der Waals surface area contributed by atoms with Crippen LogP contribution in [0.3, 0.4) is 0 Å². The lowest BCUT2D eigenvalue weighted by Crippen LogP contribution is -2.11. The van der Waals surface area contributed by atoms with E-state index in [9.17, 15) is 18.5 Å². The van der Waals surface area contributed by atoms with Crippen molar-refractivity contribution in [3.8, 4) is 5.75 Å². The normalized spacial score (nSPS) is 11.4. The maximum absolute atomic E-state index is 11.0. The number of azo groups is 1. The minimum absolute atomic E-state index is 0.00920. The zero-order chi connectivity index (χ0) is 22.3. The van der Waals surface area contributed by atoms with Crippen LogP contribution in [0.25, 0.3) is 0 Å². The fraction of sp³-hybridized carbons (Fsp3) is 0.100. The van der Waals surface area contributed by atoms with Crippen molar-refractivity contribution in [2.75, 3.05) is 18.5 Å². The molecule has 3 rings (SSSR count). The van der Waals surface area contributed by atoms with Gasteiger partial charge in [0.15, 0.2) is 0 Å². The zero-order valence-electron chi connectivity index (χ0n) is 16.1. The SMILES string of the molecule is O=[N+]([O-])c1ccc(N=Nc2ccc(OCCNc3ccc(S(=O)(=O)O)cc3)cc2)cc1. The van der Waals surface area contributed by atoms with Gasteiger partial charge in [-0.25, -0.2) is 0 Å². The molecule has 0 aliphatic carbocycles. The van der Waals surface area contributed by atoms with E-state index < -0.39 is 15.0 Å². The Balaban J connectivity index is 1.45. The Morgan fingerprint density at radius 2 is 1.45 bits per heavy atom. The molecule has 10 nitrogen and oxygen atoms in total. The second-order valence-electron chi connectivity index (χ2n) is 6.24. The largest absolute Gasteiger partial charge is 0.492 e. The second-order valence-corrected chi connectivity index (χ2v) is 7.66. The van der Waals surface area contributed by atoms with Gasteiger partial charge in [0.1, 0.15) is 12.4 Å². The number of nitrogens with one attached hydrogen (secondary N) is 1. The van der Waals surface area contributed by atoms with Crippen molar-refractivity contribution in [3.05, 3.63) is 82.9 Å². The number of ether oxygens (including phenoxy) is 1. The molecule has 0 unspecified atom stereocenters. The molecule has 2 N–H and O–H groups in total. The van der Waals surface area contributed by atoms with Gasteiger partial charge in [-0.2, -0.15) is 18.6 Å². The Morgan fingerprint density at radius 3 is 1.97 bits per heavy atom. The van der Waals surface area contributed by atoms with Crippen LogP contribution < -0.4 is 10.1 Å². The van der Waals surface area contributed by atoms with Crippen LogP contribution in [0.1, 0.15) is 0 Å². The molecule has 0 aliphatic rings. The van der Waals surface area contributed by atoms with Gasteiger partial charge in [0, 0.05) is 24.4 Å². The summed E-state index contributed by atoms with van der Waals surface area (Å²) in [4.78, 5) is 10.00. The Morgan fingerprint density at radius 1 is 0.903 bits per heavy atom. The summed E-state index contributed by atoms with van der Waals surface area (Å²) >= 11 is 0. The lowest BCUT2D eigenvalue weighted by atomic mass is 10.3. The maximum atomic E-state index is 11.0. The highest BCUT2D eigenvalue weighted by Crippen LogP contribution is 2.23. The predicted octanol–water partition coefficient (Wildman–Crippen LogP) is 4.75. The molecule has 160 valence electrons. The first-order valence-corrected chi connectivity index (χ1v) is 10.5. The second kappa shape index (κ2) is 9.78. The van der Waals surface area contributed by atoms with Gasteiger partial charge in [-0.1, -0.05) is 0 Å². The number of hydrogen-bond acceptors (Lipinski definition) is 8. The van der Waals surface area contributed by atoms with Gasteiger partial charge in [-0.3, -0.25) is 14.7 Å². The van der Waals surface area contributed by atoms with Crippen molar-refractivity contribution >= 4 is 32.9 Å². The van der Waals surface area contributed by atoms with Gasteiger partial charge in [0.2, 0.25) is 0 Å². The molecule has 31 heavy (non-hydrogen) atoms. The van der Waals surface area contributed by atoms with E-state index in [1.165, 1.54) is 36.4 Å². The number of nitro benzene ring substituents is 1. The summed E-state index contributed by atoms with van der Waals surface area (Å²) in [7, 11) is -4.20. The highest BCUT2D eigenvalue weighted by Gasteiger charge is 2.08. The predicted molar refractivity (Wildman–Crippen MR) is 114 cm³/mol. The van der Waals surface area contributed by atoms with Crippen LogP contribution in [-0.2, 0) is 10.1 Å². The Kier molecular flexibility index (Phi) is 6.90. The minimum Gasteiger partial charge on any atom is -0.492 e. The standard InChI is InChI=1S/C20H18N4O6S/c25-24(26)18-7-1-16(2-8-18)22-23-17-3-9-19(10-4-17)30-14-13-21-15-5-11-20(12-6-15)31(27,28)29/h1-12,21H,13-14H2,(H,27,28,29). The fourth-order valence-electron chi connectivity index (χ4n) is 2.47. The first-order valence-electron chi connectivity index (χ1n) is 9.02. The summed E-state index contributed by atoms with van der Waals surface area (Å²) < 4.78 is 36.6. The quantitative estimate of drug-likeness (QED) is 0.160. The molecule has 0 aliphatic heterocycles. The molecular formula is C20H18N4O6S. The summed E-state index contributed by atoms with van der Waals surface area (Å²) in [6, 6.07) is 18.4. The summed E-state index contributed by atoms with van der Waals surface area (Å²) in [6.07, 6.45) is 0. The van der Waals surface area contributed by atoms with E-state index in [0.29, 0.717) is 36.0 Å². The smallest absolute Gasteiger partial charge is 0.294 e. The lowest BCUT2D eigenvalue weighted by Gasteiger charge is -2.09. The topological polar surface area (TPSA) is 143 Å². The van der Waals surface area contributed by atoms with Crippen LogP contribution in [-0.4, -0.2) is 31.0 Å². The fourth-order valence-corrected chi connectivity index (χ4v) is 2.95. The van der Waals surface area contributed by atoms with Gasteiger partial charge in [-0.05, 0) is 60.7 Å². The van der Waals surface area contributed by atoms with Crippen LogP contribution in [0, 0.1) is 10.1 Å². The molecule has 0 aromatic heterocycles. The van der Waals surface area contributed by atoms with E-state index >= 15 is 0 Å². The maximum Gasteiger partial charge on any atom is 0.294 e. The van der Waals surface area contributed by atoms with Gasteiger partial charge in [0.25, 0.3) is 15.8 Å². The van der Waals surface area contributed by atoms with E-state index in [1.807, 2.05) is 0 Å². The molecule has 0 saturated carbocycles. The number of non-ortho nitro benzene ring substituents is 1. The van der Waals surface area contributed by atoms with Gasteiger partial charge < -0.3 is 10.1 Å². The molecule has 0 atom stereocenters. The number of benzene rings is 3. The highest BCUT2D eigenvalue weighted by molar-refractivity contribution is 7.85. The summed E-state index contributed by atoms with van der Waals surface area (Å²) in [6.45, 7) is 0.844. The van der Waals surface area contributed by atoms with E-state index in [1.54, 1.807) is 36.4 Å². The number of nitrogens with zero attached hydrogens (tertiary/aromatic N) is 3. The number of anilines is 1. The van der Waals surface area contributed by atoms with Crippen molar-refractivity contribution in [1.82, 2.24) is 0 Å². The van der Waals surface area contributed by atoms with Gasteiger partial charge in [-0.15, -0.1) is 0 Å². The van der Waals surface area contributed by atoms with E-state index in [0.717, 1.165) is 0 Å². The van der Waals surface area contributed by atoms with Crippen molar-refractivity contribution in [3.63, 3.8) is 0 Å². The molecule has 0 heterocycles. The Labute approximate surface area is 178 Å². The first kappa shape index (κ1) is 21.9. The Bertz CT molecular complexity index is 1160. The number of hydrogen-bond donors (Lipinski definition) is 2. The van der Waals surface area contributed by atoms with E-state index in [-0.39, 0.29) is 10.6 Å². The third-order valence-electron chi connectivity index (χ3n) is 4.03. The number of nitro groups is 1. The molecule has 0 amide bonds. The molecule has 3 aromatic carbocycles. The monoisotopic (exact) mass is 442 g/mol. The summed E-state index contributed by atoms with van der Waals surface area (Å²) in [5, 5.41) is 21.8. The highest BCUT2D eigenvalue weighted by atomic mass is 32.2. The third kappa shape index (κ3) is 6.59. The molecule has 3 aromatic rings. The van der Waals surface area contributed by atoms with Crippen molar-refractivity contribution < 1.29 is 22.6 Å². The molecular weight excluding hydrogens is 424 g/mol. The minimum atomic E-state index is -4.20. The van der Waals surface area contributed by atoms with Crippen LogP contribution in [0.4, 0.5) is 22.7 Å². The van der Waals surface area contributed by atoms with E-state index in [2.05, 4.69) is 15.5 Å². The first-order chi connectivity index (χ1) is 14.8. The molecule has 0 fully saturated rings. The molecule has 0 bridgehead atoms. The van der Waals surface area contributed by atoms with Gasteiger partial charge in [0.05, 0.1) is 21.2 Å². The van der Waals surface area contributed by atoms with Crippen LogP contribution >= 0.6 is 0 Å². The van der Waals surface area contributed by atoms with Crippen molar-refractivity contribution in [2.45, 2.75) is 4.90 Å². The number of rotatable bonds is 9. The average Bonchev–Trinajstić information content (AvgIpc) is 2.76. The molecule has 0 saturated heterocycles. The van der Waals surface area contributed by atoms with Crippen LogP contribution in [0.5, 0.6) is 5.75 Å². The van der Waals surface area contributed by atoms with Crippen molar-refractivity contribution in [2.24, 2.45) is 10.2 Å². The third-order valence-corrected chi connectivity index (χ3v) is 4.90. The van der Waals surface area contributed by atoms with Gasteiger partial charge >= 0.3 is 0 Å². The summed E-state index contributed by atoms with van der Waals surface area (Å²) in [5.41, 5.74) is 1.78. The van der Waals surface area contributed by atoms with Crippen LogP contribution in [0.2, 0.25) is 0 Å². The summed E-state index contributed by atoms with van der Waals surface area (Å²) in [5.74, 6) is 0.637. The molecule has 11 heteroatoms. The zero-order valence-corrected chi connectivity index (χ0v) is 16.9. The van der Waals surface area contributed by atoms with Crippen LogP contribution in [0.15, 0.2) is 87.9 Å². The average molecular weight is 442 g/mol. The van der Waals surface area contributed by atoms with Crippen molar-refractivity contribution in [1.29, 1.82) is 0 Å². The lowest BCUT2D eigenvalue weighted by molar-refractivity contribution is -0.384. The Hall–Kier alpha value is -3.83. The van der Waals surface area contributed by atoms with E-state index in [4.69, 9.17) is 9.29 Å². The molecule has 0 radical (unpaired) electrons.